The van der Waals surface area contributed by atoms with Gasteiger partial charge in [0.2, 0.25) is 5.91 Å². The van der Waals surface area contributed by atoms with E-state index in [1.165, 1.54) is 19.3 Å². The largest absolute Gasteiger partial charge is 0.342 e. The molecule has 94 valence electrons. The molecule has 1 heterocycles. The van der Waals surface area contributed by atoms with Gasteiger partial charge < -0.3 is 10.6 Å². The van der Waals surface area contributed by atoms with E-state index < -0.39 is 0 Å². The normalized spacial score (nSPS) is 21.5. The summed E-state index contributed by atoms with van der Waals surface area (Å²) < 4.78 is 0. The van der Waals surface area contributed by atoms with Gasteiger partial charge >= 0.3 is 0 Å². The molecule has 0 saturated carbocycles. The molecule has 0 aromatic rings. The highest BCUT2D eigenvalue weighted by molar-refractivity contribution is 5.76. The maximum atomic E-state index is 11.9. The van der Waals surface area contributed by atoms with E-state index in [9.17, 15) is 4.79 Å². The van der Waals surface area contributed by atoms with Gasteiger partial charge in [0.1, 0.15) is 0 Å². The Morgan fingerprint density at radius 3 is 2.75 bits per heavy atom. The van der Waals surface area contributed by atoms with Gasteiger partial charge in [0.05, 0.1) is 0 Å². The fraction of sp³-hybridized carbons (Fsp3) is 0.923. The molecular weight excluding hydrogens is 200 g/mol. The first-order valence-corrected chi connectivity index (χ1v) is 6.49. The number of amides is 1. The highest BCUT2D eigenvalue weighted by Gasteiger charge is 2.26. The lowest BCUT2D eigenvalue weighted by Gasteiger charge is -2.21. The van der Waals surface area contributed by atoms with E-state index in [4.69, 9.17) is 5.73 Å². The third-order valence-corrected chi connectivity index (χ3v) is 3.32. The van der Waals surface area contributed by atoms with Crippen LogP contribution in [0.3, 0.4) is 0 Å². The Kier molecular flexibility index (Phi) is 4.78. The van der Waals surface area contributed by atoms with E-state index in [2.05, 4.69) is 6.92 Å². The van der Waals surface area contributed by atoms with Crippen LogP contribution in [0.1, 0.15) is 52.9 Å². The Balaban J connectivity index is 2.28. The van der Waals surface area contributed by atoms with Crippen molar-refractivity contribution in [3.63, 3.8) is 0 Å². The number of nitrogens with zero attached hydrogens (tertiary/aromatic N) is 1. The van der Waals surface area contributed by atoms with Crippen molar-refractivity contribution in [2.24, 2.45) is 11.7 Å². The second-order valence-electron chi connectivity index (χ2n) is 5.77. The van der Waals surface area contributed by atoms with E-state index in [0.29, 0.717) is 6.42 Å². The first-order valence-electron chi connectivity index (χ1n) is 6.49. The summed E-state index contributed by atoms with van der Waals surface area (Å²) in [7, 11) is 0. The van der Waals surface area contributed by atoms with Crippen LogP contribution < -0.4 is 5.73 Å². The lowest BCUT2D eigenvalue weighted by atomic mass is 10.00. The summed E-state index contributed by atoms with van der Waals surface area (Å²) in [6.45, 7) is 8.09. The van der Waals surface area contributed by atoms with Crippen molar-refractivity contribution in [2.45, 2.75) is 58.4 Å². The molecule has 0 radical (unpaired) electrons. The highest BCUT2D eigenvalue weighted by atomic mass is 16.2. The number of rotatable bonds is 5. The minimum atomic E-state index is -0.224. The summed E-state index contributed by atoms with van der Waals surface area (Å²) in [5.41, 5.74) is 5.66. The quantitative estimate of drug-likeness (QED) is 0.781. The molecule has 1 aliphatic heterocycles. The van der Waals surface area contributed by atoms with E-state index in [-0.39, 0.29) is 11.4 Å². The third kappa shape index (κ3) is 4.52. The van der Waals surface area contributed by atoms with Crippen LogP contribution >= 0.6 is 0 Å². The molecule has 1 saturated heterocycles. The standard InChI is InChI=1S/C13H26N2O/c1-4-5-11-7-9-15(10-11)12(16)6-8-13(2,3)14/h11H,4-10,14H2,1-3H3. The molecule has 16 heavy (non-hydrogen) atoms. The van der Waals surface area contributed by atoms with Gasteiger partial charge in [-0.1, -0.05) is 13.3 Å². The second kappa shape index (κ2) is 5.67. The average Bonchev–Trinajstić information content (AvgIpc) is 2.62. The molecule has 1 rings (SSSR count). The first-order chi connectivity index (χ1) is 7.42. The van der Waals surface area contributed by atoms with E-state index >= 15 is 0 Å². The second-order valence-corrected chi connectivity index (χ2v) is 5.77. The number of hydrogen-bond donors (Lipinski definition) is 1. The Hall–Kier alpha value is -0.570. The van der Waals surface area contributed by atoms with Crippen LogP contribution in [0.4, 0.5) is 0 Å². The summed E-state index contributed by atoms with van der Waals surface area (Å²) in [6.07, 6.45) is 5.05. The molecule has 3 nitrogen and oxygen atoms in total. The maximum absolute atomic E-state index is 11.9. The van der Waals surface area contributed by atoms with Crippen molar-refractivity contribution in [1.82, 2.24) is 4.90 Å². The molecule has 0 aromatic carbocycles. The molecule has 0 bridgehead atoms. The van der Waals surface area contributed by atoms with Gasteiger partial charge in [-0.3, -0.25) is 4.79 Å². The minimum absolute atomic E-state index is 0.224. The fourth-order valence-electron chi connectivity index (χ4n) is 2.29. The van der Waals surface area contributed by atoms with E-state index in [0.717, 1.165) is 25.4 Å². The summed E-state index contributed by atoms with van der Waals surface area (Å²) >= 11 is 0. The van der Waals surface area contributed by atoms with Crippen molar-refractivity contribution in [1.29, 1.82) is 0 Å². The molecule has 0 aromatic heterocycles. The summed E-state index contributed by atoms with van der Waals surface area (Å²) in [4.78, 5) is 13.9. The molecular formula is C13H26N2O. The average molecular weight is 226 g/mol. The molecule has 1 fully saturated rings. The number of likely N-dealkylation sites (tertiary alicyclic amines) is 1. The van der Waals surface area contributed by atoms with Crippen LogP contribution in [0.25, 0.3) is 0 Å². The number of hydrogen-bond acceptors (Lipinski definition) is 2. The van der Waals surface area contributed by atoms with Crippen LogP contribution in [0, 0.1) is 5.92 Å². The van der Waals surface area contributed by atoms with Gasteiger partial charge in [-0.25, -0.2) is 0 Å². The number of carbonyl (C=O) groups is 1. The lowest BCUT2D eigenvalue weighted by Crippen LogP contribution is -2.35. The zero-order chi connectivity index (χ0) is 12.2. The van der Waals surface area contributed by atoms with Gasteiger partial charge in [-0.15, -0.1) is 0 Å². The van der Waals surface area contributed by atoms with Crippen molar-refractivity contribution in [2.75, 3.05) is 13.1 Å². The van der Waals surface area contributed by atoms with Gasteiger partial charge in [0.25, 0.3) is 0 Å². The van der Waals surface area contributed by atoms with Gasteiger partial charge in [-0.05, 0) is 39.0 Å². The third-order valence-electron chi connectivity index (χ3n) is 3.32. The van der Waals surface area contributed by atoms with Crippen LogP contribution in [-0.2, 0) is 4.79 Å². The highest BCUT2D eigenvalue weighted by Crippen LogP contribution is 2.22. The zero-order valence-corrected chi connectivity index (χ0v) is 11.0. The Bertz CT molecular complexity index is 233. The number of nitrogens with two attached hydrogens (primary N) is 1. The maximum Gasteiger partial charge on any atom is 0.222 e. The Morgan fingerprint density at radius 1 is 1.50 bits per heavy atom. The SMILES string of the molecule is CCCC1CCN(C(=O)CCC(C)(C)N)C1. The predicted molar refractivity (Wildman–Crippen MR) is 67.1 cm³/mol. The van der Waals surface area contributed by atoms with E-state index in [1.54, 1.807) is 0 Å². The predicted octanol–water partition coefficient (Wildman–Crippen LogP) is 2.15. The van der Waals surface area contributed by atoms with Crippen molar-refractivity contribution < 1.29 is 4.79 Å². The molecule has 2 N–H and O–H groups in total. The smallest absolute Gasteiger partial charge is 0.222 e. The summed E-state index contributed by atoms with van der Waals surface area (Å²) in [6, 6.07) is 0. The Morgan fingerprint density at radius 2 is 2.19 bits per heavy atom. The van der Waals surface area contributed by atoms with Crippen LogP contribution in [0.5, 0.6) is 0 Å². The van der Waals surface area contributed by atoms with Crippen LogP contribution in [0.15, 0.2) is 0 Å². The van der Waals surface area contributed by atoms with Crippen molar-refractivity contribution in [3.05, 3.63) is 0 Å². The molecule has 3 heteroatoms. The molecule has 1 atom stereocenters. The molecule has 0 aliphatic carbocycles. The van der Waals surface area contributed by atoms with Crippen molar-refractivity contribution >= 4 is 5.91 Å². The summed E-state index contributed by atoms with van der Waals surface area (Å²) in [5, 5.41) is 0. The molecule has 0 spiro atoms. The number of carbonyl (C=O) groups excluding carboxylic acids is 1. The van der Waals surface area contributed by atoms with Gasteiger partial charge in [-0.2, -0.15) is 0 Å². The van der Waals surface area contributed by atoms with Gasteiger partial charge in [0.15, 0.2) is 0 Å². The van der Waals surface area contributed by atoms with Crippen molar-refractivity contribution in [3.8, 4) is 0 Å². The first kappa shape index (κ1) is 13.5. The minimum Gasteiger partial charge on any atom is -0.342 e. The lowest BCUT2D eigenvalue weighted by molar-refractivity contribution is -0.130. The fourth-order valence-corrected chi connectivity index (χ4v) is 2.29. The zero-order valence-electron chi connectivity index (χ0n) is 11.0. The molecule has 1 unspecified atom stereocenters. The van der Waals surface area contributed by atoms with Crippen LogP contribution in [0.2, 0.25) is 0 Å². The Labute approximate surface area is 99.4 Å². The van der Waals surface area contributed by atoms with Gasteiger partial charge in [0, 0.05) is 25.0 Å². The van der Waals surface area contributed by atoms with E-state index in [1.807, 2.05) is 18.7 Å². The summed E-state index contributed by atoms with van der Waals surface area (Å²) in [5.74, 6) is 1.02. The topological polar surface area (TPSA) is 46.3 Å². The molecule has 1 amide bonds. The van der Waals surface area contributed by atoms with Crippen LogP contribution in [-0.4, -0.2) is 29.4 Å². The molecule has 1 aliphatic rings. The monoisotopic (exact) mass is 226 g/mol.